The molecular formula is C72H80N2. The van der Waals surface area contributed by atoms with Crippen LogP contribution >= 0.6 is 0 Å². The van der Waals surface area contributed by atoms with Gasteiger partial charge in [0.05, 0.1) is 11.4 Å². The normalized spacial score (nSPS) is 11.9. The van der Waals surface area contributed by atoms with Crippen LogP contribution in [-0.4, -0.2) is 0 Å². The lowest BCUT2D eigenvalue weighted by molar-refractivity contribution is 0.590. The van der Waals surface area contributed by atoms with Crippen LogP contribution in [-0.2, 0) is 23.7 Å². The van der Waals surface area contributed by atoms with E-state index >= 15 is 0 Å². The molecule has 9 aromatic rings. The zero-order chi connectivity index (χ0) is 52.0. The van der Waals surface area contributed by atoms with Crippen molar-refractivity contribution in [3.8, 4) is 22.3 Å². The van der Waals surface area contributed by atoms with E-state index < -0.39 is 0 Å². The van der Waals surface area contributed by atoms with E-state index in [9.17, 15) is 0 Å². The number of anilines is 6. The summed E-state index contributed by atoms with van der Waals surface area (Å²) in [4.78, 5) is 5.06. The van der Waals surface area contributed by atoms with Crippen molar-refractivity contribution >= 4 is 55.7 Å². The van der Waals surface area contributed by atoms with Gasteiger partial charge in [0.2, 0.25) is 0 Å². The highest BCUT2D eigenvalue weighted by Gasteiger charge is 2.28. The highest BCUT2D eigenvalue weighted by molar-refractivity contribution is 6.23. The summed E-state index contributed by atoms with van der Waals surface area (Å²) in [5.74, 6) is 0. The molecule has 2 heteroatoms. The van der Waals surface area contributed by atoms with E-state index in [0.29, 0.717) is 0 Å². The number of benzene rings is 9. The average Bonchev–Trinajstić information content (AvgIpc) is 3.40. The third kappa shape index (κ3) is 11.7. The third-order valence-corrected chi connectivity index (χ3v) is 15.3. The van der Waals surface area contributed by atoms with Gasteiger partial charge in [0.25, 0.3) is 0 Å². The summed E-state index contributed by atoms with van der Waals surface area (Å²) in [6, 6.07) is 69.9. The minimum Gasteiger partial charge on any atom is -0.309 e. The summed E-state index contributed by atoms with van der Waals surface area (Å²) in [6.07, 6.45) is 12.5. The first-order valence-corrected chi connectivity index (χ1v) is 27.9. The van der Waals surface area contributed by atoms with E-state index in [0.717, 1.165) is 35.6 Å². The molecular weight excluding hydrogens is 893 g/mol. The van der Waals surface area contributed by atoms with E-state index in [1.807, 2.05) is 0 Å². The fourth-order valence-corrected chi connectivity index (χ4v) is 10.6. The number of aryl methyl sites for hydroxylation is 4. The Bertz CT molecular complexity index is 3050. The SMILES string of the molecule is CCCCCCc1ccc(-c2ccc(N(c3ccc(C)cc3)c3c4ccc(C(C)(C)C)cc4c(N(c4ccc(C)cc4)c4ccc(-c5ccc(CCCCCC)cc5)cc4)c4ccc(C(C)(C)C)cc34)cc2)cc1. The molecule has 0 aliphatic heterocycles. The number of fused-ring (bicyclic) bond motifs is 2. The zero-order valence-electron chi connectivity index (χ0n) is 46.3. The van der Waals surface area contributed by atoms with Gasteiger partial charge >= 0.3 is 0 Å². The molecule has 0 amide bonds. The molecule has 0 atom stereocenters. The molecule has 0 spiro atoms. The molecule has 0 fully saturated rings. The van der Waals surface area contributed by atoms with Crippen molar-refractivity contribution in [2.24, 2.45) is 0 Å². The van der Waals surface area contributed by atoms with Gasteiger partial charge in [0.15, 0.2) is 0 Å². The molecule has 0 heterocycles. The minimum absolute atomic E-state index is 0.0855. The maximum atomic E-state index is 2.53. The highest BCUT2D eigenvalue weighted by Crippen LogP contribution is 2.53. The third-order valence-electron chi connectivity index (χ3n) is 15.3. The van der Waals surface area contributed by atoms with Crippen LogP contribution in [0, 0.1) is 13.8 Å². The lowest BCUT2D eigenvalue weighted by Crippen LogP contribution is -2.17. The largest absolute Gasteiger partial charge is 0.309 e. The summed E-state index contributed by atoms with van der Waals surface area (Å²) < 4.78 is 0. The Balaban J connectivity index is 1.26. The van der Waals surface area contributed by atoms with Crippen LogP contribution in [0.3, 0.4) is 0 Å². The van der Waals surface area contributed by atoms with Crippen LogP contribution in [0.15, 0.2) is 182 Å². The maximum Gasteiger partial charge on any atom is 0.0620 e. The number of nitrogens with zero attached hydrogens (tertiary/aromatic N) is 2. The molecule has 9 rings (SSSR count). The lowest BCUT2D eigenvalue weighted by atomic mass is 9.82. The standard InChI is InChI=1S/C72H80N2/c1-11-13-15-17-19-53-25-29-55(30-26-53)57-33-43-63(44-34-57)73(61-39-21-51(3)22-40-61)69-65-47-37-60(72(8,9)10)50-68(65)70(66-48-38-59(49-67(66)69)71(5,6)7)74(62-41-23-52(4)24-42-62)64-45-35-58(36-46-64)56-31-27-54(28-32-56)20-18-16-14-12-2/h21-50H,11-20H2,1-10H3. The fraction of sp³-hybridized carbons (Fsp3) is 0.306. The Kier molecular flexibility index (Phi) is 15.9. The average molecular weight is 973 g/mol. The summed E-state index contributed by atoms with van der Waals surface area (Å²) in [7, 11) is 0. The first kappa shape index (κ1) is 52.0. The van der Waals surface area contributed by atoms with Crippen LogP contribution < -0.4 is 9.80 Å². The van der Waals surface area contributed by atoms with Gasteiger partial charge in [-0.15, -0.1) is 0 Å². The molecule has 0 radical (unpaired) electrons. The van der Waals surface area contributed by atoms with Gasteiger partial charge in [-0.25, -0.2) is 0 Å². The van der Waals surface area contributed by atoms with Crippen LogP contribution in [0.25, 0.3) is 43.8 Å². The van der Waals surface area contributed by atoms with Gasteiger partial charge < -0.3 is 9.80 Å². The van der Waals surface area contributed by atoms with Crippen molar-refractivity contribution in [3.63, 3.8) is 0 Å². The molecule has 0 aliphatic carbocycles. The molecule has 0 N–H and O–H groups in total. The van der Waals surface area contributed by atoms with E-state index in [1.165, 1.54) is 140 Å². The second-order valence-electron chi connectivity index (χ2n) is 23.2. The van der Waals surface area contributed by atoms with Gasteiger partial charge in [-0.05, 0) is 156 Å². The topological polar surface area (TPSA) is 6.48 Å². The van der Waals surface area contributed by atoms with Crippen molar-refractivity contribution < 1.29 is 0 Å². The second-order valence-corrected chi connectivity index (χ2v) is 23.2. The van der Waals surface area contributed by atoms with Gasteiger partial charge in [-0.3, -0.25) is 0 Å². The Morgan fingerprint density at radius 3 is 0.905 bits per heavy atom. The number of rotatable bonds is 18. The highest BCUT2D eigenvalue weighted by atomic mass is 15.2. The second kappa shape index (κ2) is 22.7. The van der Waals surface area contributed by atoms with E-state index in [2.05, 4.69) is 261 Å². The van der Waals surface area contributed by atoms with Gasteiger partial charge in [0.1, 0.15) is 0 Å². The summed E-state index contributed by atoms with van der Waals surface area (Å²) in [5, 5.41) is 4.83. The molecule has 2 nitrogen and oxygen atoms in total. The molecule has 74 heavy (non-hydrogen) atoms. The first-order valence-electron chi connectivity index (χ1n) is 27.9. The molecule has 0 unspecified atom stereocenters. The molecule has 0 aliphatic rings. The van der Waals surface area contributed by atoms with Crippen LogP contribution in [0.2, 0.25) is 0 Å². The summed E-state index contributed by atoms with van der Waals surface area (Å²) in [6.45, 7) is 22.9. The fourth-order valence-electron chi connectivity index (χ4n) is 10.6. The smallest absolute Gasteiger partial charge is 0.0620 e. The van der Waals surface area contributed by atoms with Crippen LogP contribution in [0.1, 0.15) is 140 Å². The van der Waals surface area contributed by atoms with Crippen molar-refractivity contribution in [2.45, 2.75) is 144 Å². The van der Waals surface area contributed by atoms with Crippen molar-refractivity contribution in [1.29, 1.82) is 0 Å². The summed E-state index contributed by atoms with van der Waals surface area (Å²) in [5.41, 5.74) is 19.5. The van der Waals surface area contributed by atoms with E-state index in [4.69, 9.17) is 0 Å². The van der Waals surface area contributed by atoms with Crippen molar-refractivity contribution in [2.75, 3.05) is 9.80 Å². The molecule has 378 valence electrons. The van der Waals surface area contributed by atoms with E-state index in [1.54, 1.807) is 0 Å². The summed E-state index contributed by atoms with van der Waals surface area (Å²) >= 11 is 0. The maximum absolute atomic E-state index is 2.53. The molecule has 0 saturated carbocycles. The number of unbranched alkanes of at least 4 members (excludes halogenated alkanes) is 6. The quantitative estimate of drug-likeness (QED) is 0.0480. The Morgan fingerprint density at radius 1 is 0.311 bits per heavy atom. The monoisotopic (exact) mass is 973 g/mol. The Labute approximate surface area is 445 Å². The predicted octanol–water partition coefficient (Wildman–Crippen LogP) is 21.7. The molecule has 0 bridgehead atoms. The molecule has 0 aromatic heterocycles. The van der Waals surface area contributed by atoms with Crippen LogP contribution in [0.4, 0.5) is 34.1 Å². The Hall–Kier alpha value is -6.90. The first-order chi connectivity index (χ1) is 35.7. The molecule has 9 aromatic carbocycles. The van der Waals surface area contributed by atoms with Gasteiger partial charge in [-0.2, -0.15) is 0 Å². The number of hydrogen-bond acceptors (Lipinski definition) is 2. The molecule has 0 saturated heterocycles. The predicted molar refractivity (Wildman–Crippen MR) is 324 cm³/mol. The minimum atomic E-state index is -0.0855. The lowest BCUT2D eigenvalue weighted by Gasteiger charge is -2.34. The Morgan fingerprint density at radius 2 is 0.608 bits per heavy atom. The van der Waals surface area contributed by atoms with Crippen molar-refractivity contribution in [3.05, 3.63) is 215 Å². The number of hydrogen-bond donors (Lipinski definition) is 0. The zero-order valence-corrected chi connectivity index (χ0v) is 46.3. The van der Waals surface area contributed by atoms with E-state index in [-0.39, 0.29) is 10.8 Å². The van der Waals surface area contributed by atoms with Crippen molar-refractivity contribution in [1.82, 2.24) is 0 Å². The van der Waals surface area contributed by atoms with Gasteiger partial charge in [0, 0.05) is 44.3 Å². The van der Waals surface area contributed by atoms with Crippen LogP contribution in [0.5, 0.6) is 0 Å². The van der Waals surface area contributed by atoms with Gasteiger partial charge in [-0.1, -0.05) is 226 Å².